The molecule has 3 aromatic carbocycles. The highest BCUT2D eigenvalue weighted by Gasteiger charge is 2.29. The van der Waals surface area contributed by atoms with Crippen molar-refractivity contribution >= 4 is 29.4 Å². The van der Waals surface area contributed by atoms with Gasteiger partial charge in [-0.15, -0.1) is 0 Å². The number of esters is 1. The van der Waals surface area contributed by atoms with E-state index in [1.807, 2.05) is 49.4 Å². The highest BCUT2D eigenvalue weighted by atomic mass is 35.5. The van der Waals surface area contributed by atoms with Gasteiger partial charge in [-0.1, -0.05) is 54.1 Å². The molecular formula is C27H25ClN2O4. The van der Waals surface area contributed by atoms with Crippen LogP contribution in [0.1, 0.15) is 50.4 Å². The summed E-state index contributed by atoms with van der Waals surface area (Å²) in [6, 6.07) is 21.7. The van der Waals surface area contributed by atoms with E-state index in [0.717, 1.165) is 16.7 Å². The van der Waals surface area contributed by atoms with Crippen LogP contribution in [0.5, 0.6) is 0 Å². The van der Waals surface area contributed by atoms with Crippen LogP contribution in [0.25, 0.3) is 0 Å². The molecule has 34 heavy (non-hydrogen) atoms. The van der Waals surface area contributed by atoms with E-state index in [9.17, 15) is 14.4 Å². The molecule has 0 radical (unpaired) electrons. The molecule has 0 saturated carbocycles. The molecule has 1 heterocycles. The molecule has 0 aromatic heterocycles. The quantitative estimate of drug-likeness (QED) is 0.507. The van der Waals surface area contributed by atoms with Crippen LogP contribution < -0.4 is 5.32 Å². The fourth-order valence-electron chi connectivity index (χ4n) is 3.92. The first-order valence-electron chi connectivity index (χ1n) is 11.1. The highest BCUT2D eigenvalue weighted by molar-refractivity contribution is 6.30. The molecular weight excluding hydrogens is 452 g/mol. The minimum Gasteiger partial charge on any atom is -0.454 e. The number of carbonyl (C=O) groups is 3. The molecule has 1 aliphatic rings. The van der Waals surface area contributed by atoms with Crippen LogP contribution in [0.3, 0.4) is 0 Å². The van der Waals surface area contributed by atoms with E-state index < -0.39 is 12.1 Å². The summed E-state index contributed by atoms with van der Waals surface area (Å²) >= 11 is 5.89. The SMILES string of the molecule is CCN(CC(=O)NCc1ccc(Cl)cc1)C(=O)c1ccc2c(c1)C[C@@H](c1ccccc1)OC2=O. The number of ether oxygens (including phenoxy) is 1. The molecule has 3 aromatic rings. The number of benzene rings is 3. The van der Waals surface area contributed by atoms with Gasteiger partial charge < -0.3 is 15.0 Å². The van der Waals surface area contributed by atoms with Crippen LogP contribution >= 0.6 is 11.6 Å². The number of likely N-dealkylation sites (N-methyl/N-ethyl adjacent to an activating group) is 1. The Hall–Kier alpha value is -3.64. The second kappa shape index (κ2) is 10.5. The Morgan fingerprint density at radius 1 is 1.06 bits per heavy atom. The Kier molecular flexibility index (Phi) is 7.28. The smallest absolute Gasteiger partial charge is 0.339 e. The molecule has 2 amide bonds. The molecule has 0 spiro atoms. The second-order valence-corrected chi connectivity index (χ2v) is 8.54. The van der Waals surface area contributed by atoms with Crippen molar-refractivity contribution in [3.8, 4) is 0 Å². The Bertz CT molecular complexity index is 1200. The van der Waals surface area contributed by atoms with Crippen molar-refractivity contribution in [2.45, 2.75) is 26.0 Å². The van der Waals surface area contributed by atoms with E-state index in [4.69, 9.17) is 16.3 Å². The molecule has 4 rings (SSSR count). The standard InChI is InChI=1S/C27H25ClN2O4/c1-2-30(17-25(31)29-16-18-8-11-22(28)12-9-18)26(32)20-10-13-23-21(14-20)15-24(34-27(23)33)19-6-4-3-5-7-19/h3-14,24H,2,15-17H2,1H3,(H,29,31)/t24-/m0/s1. The number of hydrogen-bond donors (Lipinski definition) is 1. The Morgan fingerprint density at radius 3 is 2.50 bits per heavy atom. The molecule has 0 fully saturated rings. The molecule has 7 heteroatoms. The largest absolute Gasteiger partial charge is 0.454 e. The Balaban J connectivity index is 1.43. The summed E-state index contributed by atoms with van der Waals surface area (Å²) in [6.07, 6.45) is 0.0902. The Labute approximate surface area is 203 Å². The van der Waals surface area contributed by atoms with Gasteiger partial charge in [-0.05, 0) is 53.9 Å². The average Bonchev–Trinajstić information content (AvgIpc) is 2.86. The number of carbonyl (C=O) groups excluding carboxylic acids is 3. The first-order chi connectivity index (χ1) is 16.4. The third-order valence-electron chi connectivity index (χ3n) is 5.80. The molecule has 0 aliphatic carbocycles. The van der Waals surface area contributed by atoms with Gasteiger partial charge in [0.15, 0.2) is 0 Å². The number of rotatable bonds is 7. The van der Waals surface area contributed by atoms with Crippen molar-refractivity contribution in [3.05, 3.63) is 106 Å². The predicted molar refractivity (Wildman–Crippen MR) is 130 cm³/mol. The molecule has 174 valence electrons. The van der Waals surface area contributed by atoms with E-state index in [-0.39, 0.29) is 18.4 Å². The van der Waals surface area contributed by atoms with Crippen LogP contribution in [-0.2, 0) is 22.5 Å². The number of hydrogen-bond acceptors (Lipinski definition) is 4. The lowest BCUT2D eigenvalue weighted by molar-refractivity contribution is -0.121. The van der Waals surface area contributed by atoms with Crippen molar-refractivity contribution in [2.24, 2.45) is 0 Å². The fourth-order valence-corrected chi connectivity index (χ4v) is 4.05. The normalized spacial score (nSPS) is 14.6. The third kappa shape index (κ3) is 5.46. The van der Waals surface area contributed by atoms with E-state index in [2.05, 4.69) is 5.32 Å². The zero-order chi connectivity index (χ0) is 24.1. The molecule has 1 atom stereocenters. The number of cyclic esters (lactones) is 1. The van der Waals surface area contributed by atoms with Crippen LogP contribution in [0.2, 0.25) is 5.02 Å². The van der Waals surface area contributed by atoms with Gasteiger partial charge in [0.05, 0.1) is 12.1 Å². The second-order valence-electron chi connectivity index (χ2n) is 8.10. The lowest BCUT2D eigenvalue weighted by Gasteiger charge is -2.26. The van der Waals surface area contributed by atoms with Gasteiger partial charge in [0.1, 0.15) is 6.10 Å². The maximum absolute atomic E-state index is 13.2. The minimum atomic E-state index is -0.400. The average molecular weight is 477 g/mol. The summed E-state index contributed by atoms with van der Waals surface area (Å²) in [7, 11) is 0. The monoisotopic (exact) mass is 476 g/mol. The topological polar surface area (TPSA) is 75.7 Å². The number of halogens is 1. The fraction of sp³-hybridized carbons (Fsp3) is 0.222. The molecule has 6 nitrogen and oxygen atoms in total. The van der Waals surface area contributed by atoms with Crippen molar-refractivity contribution in [3.63, 3.8) is 0 Å². The summed E-state index contributed by atoms with van der Waals surface area (Å²) in [5.74, 6) is -0.916. The zero-order valence-corrected chi connectivity index (χ0v) is 19.5. The maximum Gasteiger partial charge on any atom is 0.339 e. The van der Waals surface area contributed by atoms with Gasteiger partial charge >= 0.3 is 5.97 Å². The Morgan fingerprint density at radius 2 is 1.79 bits per heavy atom. The summed E-state index contributed by atoms with van der Waals surface area (Å²) in [5, 5.41) is 3.46. The predicted octanol–water partition coefficient (Wildman–Crippen LogP) is 4.57. The number of nitrogens with one attached hydrogen (secondary N) is 1. The van der Waals surface area contributed by atoms with Gasteiger partial charge in [0.2, 0.25) is 5.91 Å². The number of fused-ring (bicyclic) bond motifs is 1. The maximum atomic E-state index is 13.2. The lowest BCUT2D eigenvalue weighted by Crippen LogP contribution is -2.40. The van der Waals surface area contributed by atoms with Crippen LogP contribution in [0, 0.1) is 0 Å². The zero-order valence-electron chi connectivity index (χ0n) is 18.8. The van der Waals surface area contributed by atoms with E-state index >= 15 is 0 Å². The van der Waals surface area contributed by atoms with E-state index in [1.165, 1.54) is 4.90 Å². The molecule has 0 bridgehead atoms. The minimum absolute atomic E-state index is 0.0608. The lowest BCUT2D eigenvalue weighted by atomic mass is 9.93. The van der Waals surface area contributed by atoms with E-state index in [0.29, 0.717) is 35.7 Å². The summed E-state index contributed by atoms with van der Waals surface area (Å²) < 4.78 is 5.60. The van der Waals surface area contributed by atoms with Crippen LogP contribution in [0.15, 0.2) is 72.8 Å². The summed E-state index contributed by atoms with van der Waals surface area (Å²) in [5.41, 5.74) is 3.49. The van der Waals surface area contributed by atoms with Gasteiger partial charge in [-0.2, -0.15) is 0 Å². The van der Waals surface area contributed by atoms with Crippen molar-refractivity contribution in [1.29, 1.82) is 0 Å². The van der Waals surface area contributed by atoms with Gasteiger partial charge in [-0.25, -0.2) is 4.79 Å². The summed E-state index contributed by atoms with van der Waals surface area (Å²) in [6.45, 7) is 2.49. The highest BCUT2D eigenvalue weighted by Crippen LogP contribution is 2.31. The summed E-state index contributed by atoms with van der Waals surface area (Å²) in [4.78, 5) is 39.6. The van der Waals surface area contributed by atoms with Crippen molar-refractivity contribution in [2.75, 3.05) is 13.1 Å². The molecule has 1 aliphatic heterocycles. The van der Waals surface area contributed by atoms with Crippen molar-refractivity contribution in [1.82, 2.24) is 10.2 Å². The van der Waals surface area contributed by atoms with Gasteiger partial charge in [0.25, 0.3) is 5.91 Å². The van der Waals surface area contributed by atoms with Crippen LogP contribution in [-0.4, -0.2) is 35.8 Å². The molecule has 1 N–H and O–H groups in total. The third-order valence-corrected chi connectivity index (χ3v) is 6.06. The molecule has 0 saturated heterocycles. The first-order valence-corrected chi connectivity index (χ1v) is 11.5. The van der Waals surface area contributed by atoms with Gasteiger partial charge in [0, 0.05) is 30.1 Å². The van der Waals surface area contributed by atoms with Crippen LogP contribution in [0.4, 0.5) is 0 Å². The number of amides is 2. The van der Waals surface area contributed by atoms with Gasteiger partial charge in [-0.3, -0.25) is 9.59 Å². The molecule has 0 unspecified atom stereocenters. The van der Waals surface area contributed by atoms with Crippen molar-refractivity contribution < 1.29 is 19.1 Å². The van der Waals surface area contributed by atoms with E-state index in [1.54, 1.807) is 30.3 Å². The number of nitrogens with zero attached hydrogens (tertiary/aromatic N) is 1. The first kappa shape index (κ1) is 23.5.